The van der Waals surface area contributed by atoms with Crippen LogP contribution in [0.4, 0.5) is 4.39 Å². The molecule has 2 N–H and O–H groups in total. The van der Waals surface area contributed by atoms with E-state index in [1.165, 1.54) is 23.1 Å². The maximum Gasteiger partial charge on any atom is 0.254 e. The number of benzene rings is 2. The summed E-state index contributed by atoms with van der Waals surface area (Å²) in [7, 11) is 0. The number of amides is 2. The second-order valence-electron chi connectivity index (χ2n) is 6.29. The Labute approximate surface area is 155 Å². The maximum atomic E-state index is 13.6. The molecule has 2 aromatic carbocycles. The van der Waals surface area contributed by atoms with E-state index in [4.69, 9.17) is 0 Å². The van der Waals surface area contributed by atoms with Gasteiger partial charge >= 0.3 is 0 Å². The van der Waals surface area contributed by atoms with E-state index in [0.29, 0.717) is 24.2 Å². The van der Waals surface area contributed by atoms with Crippen molar-refractivity contribution in [3.8, 4) is 11.3 Å². The molecule has 2 heterocycles. The molecule has 1 aliphatic heterocycles. The van der Waals surface area contributed by atoms with E-state index < -0.39 is 11.9 Å². The van der Waals surface area contributed by atoms with Gasteiger partial charge in [0.15, 0.2) is 0 Å². The summed E-state index contributed by atoms with van der Waals surface area (Å²) in [5.74, 6) is -1.02. The Morgan fingerprint density at radius 1 is 1.15 bits per heavy atom. The smallest absolute Gasteiger partial charge is 0.254 e. The lowest BCUT2D eigenvalue weighted by atomic mass is 10.0. The highest BCUT2D eigenvalue weighted by atomic mass is 19.1. The number of nitrogens with one attached hydrogen (secondary N) is 2. The molecule has 1 aliphatic rings. The molecule has 0 saturated carbocycles. The van der Waals surface area contributed by atoms with Crippen LogP contribution in [0.3, 0.4) is 0 Å². The lowest BCUT2D eigenvalue weighted by Crippen LogP contribution is -2.52. The summed E-state index contributed by atoms with van der Waals surface area (Å²) in [6.07, 6.45) is 1.66. The number of rotatable bonds is 3. The average Bonchev–Trinajstić information content (AvgIpc) is 3.22. The fraction of sp³-hybridized carbons (Fsp3) is 0.150. The van der Waals surface area contributed by atoms with Crippen molar-refractivity contribution in [1.29, 1.82) is 0 Å². The Morgan fingerprint density at radius 3 is 2.67 bits per heavy atom. The molecule has 0 radical (unpaired) electrons. The summed E-state index contributed by atoms with van der Waals surface area (Å²) < 4.78 is 13.6. The molecule has 4 rings (SSSR count). The standard InChI is InChI=1S/C20H17FN4O2/c21-16-3-1-2-15(12-16)18-19(26)22-10-11-25(18)20(27)14-6-4-13(5-7-14)17-8-9-23-24-17/h1-9,12,18H,10-11H2,(H,22,26)(H,23,24). The molecule has 1 atom stereocenters. The van der Waals surface area contributed by atoms with Crippen LogP contribution in [-0.4, -0.2) is 40.0 Å². The predicted octanol–water partition coefficient (Wildman–Crippen LogP) is 2.53. The third kappa shape index (κ3) is 3.31. The average molecular weight is 364 g/mol. The van der Waals surface area contributed by atoms with Crippen molar-refractivity contribution in [3.05, 3.63) is 77.7 Å². The van der Waals surface area contributed by atoms with Gasteiger partial charge in [0.25, 0.3) is 5.91 Å². The lowest BCUT2D eigenvalue weighted by Gasteiger charge is -2.35. The molecule has 7 heteroatoms. The molecule has 1 unspecified atom stereocenters. The molecule has 1 fully saturated rings. The second-order valence-corrected chi connectivity index (χ2v) is 6.29. The molecule has 1 saturated heterocycles. The van der Waals surface area contributed by atoms with E-state index in [1.54, 1.807) is 24.4 Å². The van der Waals surface area contributed by atoms with Crippen molar-refractivity contribution in [2.75, 3.05) is 13.1 Å². The molecule has 2 amide bonds. The first-order chi connectivity index (χ1) is 13.1. The molecule has 136 valence electrons. The number of aromatic amines is 1. The SMILES string of the molecule is O=C1NCCN(C(=O)c2ccc(-c3ccn[nH]3)cc2)C1c1cccc(F)c1. The summed E-state index contributed by atoms with van der Waals surface area (Å²) >= 11 is 0. The Balaban J connectivity index is 1.63. The van der Waals surface area contributed by atoms with Gasteiger partial charge in [-0.1, -0.05) is 24.3 Å². The predicted molar refractivity (Wildman–Crippen MR) is 97.2 cm³/mol. The van der Waals surface area contributed by atoms with Crippen LogP contribution in [-0.2, 0) is 4.79 Å². The number of hydrogen-bond donors (Lipinski definition) is 2. The number of carbonyl (C=O) groups is 2. The van der Waals surface area contributed by atoms with Crippen molar-refractivity contribution in [1.82, 2.24) is 20.4 Å². The van der Waals surface area contributed by atoms with Gasteiger partial charge < -0.3 is 10.2 Å². The molecule has 1 aromatic heterocycles. The van der Waals surface area contributed by atoms with Crippen LogP contribution in [0.15, 0.2) is 60.8 Å². The highest BCUT2D eigenvalue weighted by Crippen LogP contribution is 2.26. The van der Waals surface area contributed by atoms with E-state index in [1.807, 2.05) is 18.2 Å². The van der Waals surface area contributed by atoms with E-state index in [9.17, 15) is 14.0 Å². The molecule has 6 nitrogen and oxygen atoms in total. The molecule has 3 aromatic rings. The van der Waals surface area contributed by atoms with Crippen LogP contribution < -0.4 is 5.32 Å². The van der Waals surface area contributed by atoms with Crippen molar-refractivity contribution >= 4 is 11.8 Å². The zero-order valence-corrected chi connectivity index (χ0v) is 14.4. The van der Waals surface area contributed by atoms with Crippen LogP contribution in [0.1, 0.15) is 22.0 Å². The monoisotopic (exact) mass is 364 g/mol. The van der Waals surface area contributed by atoms with Gasteiger partial charge in [0.05, 0.1) is 5.69 Å². The van der Waals surface area contributed by atoms with E-state index >= 15 is 0 Å². The minimum Gasteiger partial charge on any atom is -0.352 e. The number of aromatic nitrogens is 2. The van der Waals surface area contributed by atoms with Gasteiger partial charge in [-0.2, -0.15) is 5.10 Å². The van der Waals surface area contributed by atoms with Gasteiger partial charge in [-0.3, -0.25) is 14.7 Å². The summed E-state index contributed by atoms with van der Waals surface area (Å²) in [5.41, 5.74) is 2.68. The fourth-order valence-corrected chi connectivity index (χ4v) is 3.27. The molecular formula is C20H17FN4O2. The minimum atomic E-state index is -0.853. The molecule has 0 spiro atoms. The van der Waals surface area contributed by atoms with Crippen LogP contribution in [0, 0.1) is 5.82 Å². The van der Waals surface area contributed by atoms with Crippen molar-refractivity contribution in [2.24, 2.45) is 0 Å². The van der Waals surface area contributed by atoms with E-state index in [2.05, 4.69) is 15.5 Å². The Bertz CT molecular complexity index is 970. The van der Waals surface area contributed by atoms with Gasteiger partial charge in [0.1, 0.15) is 11.9 Å². The van der Waals surface area contributed by atoms with Crippen molar-refractivity contribution < 1.29 is 14.0 Å². The summed E-state index contributed by atoms with van der Waals surface area (Å²) in [4.78, 5) is 27.0. The first-order valence-corrected chi connectivity index (χ1v) is 8.57. The number of piperazine rings is 1. The minimum absolute atomic E-state index is 0.268. The van der Waals surface area contributed by atoms with Gasteiger partial charge in [-0.25, -0.2) is 4.39 Å². The van der Waals surface area contributed by atoms with Gasteiger partial charge in [-0.15, -0.1) is 0 Å². The molecule has 0 aliphatic carbocycles. The largest absolute Gasteiger partial charge is 0.352 e. The fourth-order valence-electron chi connectivity index (χ4n) is 3.27. The maximum absolute atomic E-state index is 13.6. The van der Waals surface area contributed by atoms with Crippen LogP contribution in [0.25, 0.3) is 11.3 Å². The number of carbonyl (C=O) groups excluding carboxylic acids is 2. The number of H-pyrrole nitrogens is 1. The third-order valence-corrected chi connectivity index (χ3v) is 4.58. The van der Waals surface area contributed by atoms with Crippen molar-refractivity contribution in [2.45, 2.75) is 6.04 Å². The third-order valence-electron chi connectivity index (χ3n) is 4.58. The molecule has 0 bridgehead atoms. The summed E-state index contributed by atoms with van der Waals surface area (Å²) in [5, 5.41) is 9.53. The Hall–Kier alpha value is -3.48. The first-order valence-electron chi connectivity index (χ1n) is 8.57. The Kier molecular flexibility index (Phi) is 4.42. The van der Waals surface area contributed by atoms with Crippen molar-refractivity contribution in [3.63, 3.8) is 0 Å². The molecule has 27 heavy (non-hydrogen) atoms. The second kappa shape index (κ2) is 7.03. The Morgan fingerprint density at radius 2 is 1.96 bits per heavy atom. The lowest BCUT2D eigenvalue weighted by molar-refractivity contribution is -0.128. The highest BCUT2D eigenvalue weighted by Gasteiger charge is 2.34. The summed E-state index contributed by atoms with van der Waals surface area (Å²) in [6, 6.07) is 13.8. The van der Waals surface area contributed by atoms with Gasteiger partial charge in [0, 0.05) is 24.8 Å². The van der Waals surface area contributed by atoms with Gasteiger partial charge in [0.2, 0.25) is 5.91 Å². The van der Waals surface area contributed by atoms with Crippen LogP contribution >= 0.6 is 0 Å². The van der Waals surface area contributed by atoms with E-state index in [-0.39, 0.29) is 11.8 Å². The molecular weight excluding hydrogens is 347 g/mol. The number of hydrogen-bond acceptors (Lipinski definition) is 3. The number of halogens is 1. The highest BCUT2D eigenvalue weighted by molar-refractivity contribution is 5.98. The zero-order chi connectivity index (χ0) is 18.8. The quantitative estimate of drug-likeness (QED) is 0.750. The summed E-state index contributed by atoms with van der Waals surface area (Å²) in [6.45, 7) is 0.719. The zero-order valence-electron chi connectivity index (χ0n) is 14.4. The van der Waals surface area contributed by atoms with Crippen LogP contribution in [0.5, 0.6) is 0 Å². The van der Waals surface area contributed by atoms with E-state index in [0.717, 1.165) is 11.3 Å². The number of nitrogens with zero attached hydrogens (tertiary/aromatic N) is 2. The topological polar surface area (TPSA) is 78.1 Å². The van der Waals surface area contributed by atoms with Gasteiger partial charge in [-0.05, 0) is 41.5 Å². The van der Waals surface area contributed by atoms with Crippen LogP contribution in [0.2, 0.25) is 0 Å². The normalized spacial score (nSPS) is 16.9. The first kappa shape index (κ1) is 17.0.